The molecule has 2 aromatic rings. The summed E-state index contributed by atoms with van der Waals surface area (Å²) in [5.74, 6) is 1.83. The fourth-order valence-corrected chi connectivity index (χ4v) is 4.63. The second-order valence-electron chi connectivity index (χ2n) is 6.28. The first kappa shape index (κ1) is 16.0. The molecule has 6 heteroatoms. The van der Waals surface area contributed by atoms with Gasteiger partial charge >= 0.3 is 5.97 Å². The molecule has 2 aliphatic rings. The molecule has 1 aliphatic carbocycles. The van der Waals surface area contributed by atoms with Crippen LogP contribution in [0.3, 0.4) is 0 Å². The quantitative estimate of drug-likeness (QED) is 0.689. The van der Waals surface area contributed by atoms with E-state index >= 15 is 0 Å². The van der Waals surface area contributed by atoms with Crippen LogP contribution in [0.2, 0.25) is 0 Å². The summed E-state index contributed by atoms with van der Waals surface area (Å²) >= 11 is 5.06. The normalized spacial score (nSPS) is 18.3. The van der Waals surface area contributed by atoms with E-state index in [1.807, 2.05) is 18.2 Å². The molecule has 2 heterocycles. The topological polar surface area (TPSA) is 44.8 Å². The van der Waals surface area contributed by atoms with Crippen LogP contribution in [0.5, 0.6) is 11.5 Å². The first-order valence-corrected chi connectivity index (χ1v) is 9.58. The monoisotopic (exact) mass is 408 g/mol. The van der Waals surface area contributed by atoms with Crippen LogP contribution in [-0.2, 0) is 24.2 Å². The van der Waals surface area contributed by atoms with Crippen LogP contribution in [0, 0.1) is 5.92 Å². The maximum atomic E-state index is 12.4. The number of benzene rings is 1. The van der Waals surface area contributed by atoms with Crippen molar-refractivity contribution in [3.63, 3.8) is 0 Å². The average Bonchev–Trinajstić information content (AvgIpc) is 3.17. The Kier molecular flexibility index (Phi) is 4.26. The third-order valence-electron chi connectivity index (χ3n) is 4.43. The molecule has 0 radical (unpaired) electrons. The summed E-state index contributed by atoms with van der Waals surface area (Å²) in [6, 6.07) is 5.70. The van der Waals surface area contributed by atoms with Crippen LogP contribution in [-0.4, -0.2) is 12.8 Å². The lowest BCUT2D eigenvalue weighted by Crippen LogP contribution is -2.08. The number of carbonyl (C=O) groups excluding carboxylic acids is 1. The standard InChI is InChI=1S/C18H17BrO4S/c1-10-2-3-16-11(4-10)6-17(24-16)18(20)21-8-12-5-14-15(7-13(12)19)23-9-22-14/h5-7,10H,2-4,8-9H2,1H3/t10-/m1/s1. The third-order valence-corrected chi connectivity index (χ3v) is 6.39. The van der Waals surface area contributed by atoms with Crippen LogP contribution >= 0.6 is 27.3 Å². The second kappa shape index (κ2) is 6.41. The first-order chi connectivity index (χ1) is 11.6. The van der Waals surface area contributed by atoms with E-state index in [9.17, 15) is 4.79 Å². The first-order valence-electron chi connectivity index (χ1n) is 7.97. The van der Waals surface area contributed by atoms with Gasteiger partial charge in [0.1, 0.15) is 11.5 Å². The van der Waals surface area contributed by atoms with Gasteiger partial charge < -0.3 is 14.2 Å². The summed E-state index contributed by atoms with van der Waals surface area (Å²) in [7, 11) is 0. The molecule has 1 aromatic carbocycles. The van der Waals surface area contributed by atoms with Gasteiger partial charge in [-0.05, 0) is 48.9 Å². The molecule has 126 valence electrons. The zero-order valence-corrected chi connectivity index (χ0v) is 15.7. The van der Waals surface area contributed by atoms with Gasteiger partial charge in [-0.1, -0.05) is 22.9 Å². The van der Waals surface area contributed by atoms with E-state index < -0.39 is 0 Å². The van der Waals surface area contributed by atoms with E-state index in [-0.39, 0.29) is 19.4 Å². The number of hydrogen-bond donors (Lipinski definition) is 0. The van der Waals surface area contributed by atoms with Gasteiger partial charge in [-0.2, -0.15) is 0 Å². The molecule has 0 bridgehead atoms. The van der Waals surface area contributed by atoms with Crippen molar-refractivity contribution < 1.29 is 19.0 Å². The van der Waals surface area contributed by atoms with Crippen LogP contribution < -0.4 is 9.47 Å². The van der Waals surface area contributed by atoms with E-state index in [1.54, 1.807) is 11.3 Å². The second-order valence-corrected chi connectivity index (χ2v) is 8.27. The summed E-state index contributed by atoms with van der Waals surface area (Å²) in [6.45, 7) is 2.69. The molecule has 24 heavy (non-hydrogen) atoms. The van der Waals surface area contributed by atoms with Gasteiger partial charge in [-0.15, -0.1) is 11.3 Å². The van der Waals surface area contributed by atoms with Gasteiger partial charge in [0.25, 0.3) is 0 Å². The molecule has 0 spiro atoms. The number of aryl methyl sites for hydroxylation is 1. The maximum absolute atomic E-state index is 12.4. The van der Waals surface area contributed by atoms with Crippen molar-refractivity contribution >= 4 is 33.2 Å². The fourth-order valence-electron chi connectivity index (χ4n) is 3.09. The van der Waals surface area contributed by atoms with E-state index in [2.05, 4.69) is 22.9 Å². The highest BCUT2D eigenvalue weighted by Gasteiger charge is 2.22. The SMILES string of the molecule is C[C@@H]1CCc2sc(C(=O)OCc3cc4c(cc3Br)OCO4)cc2C1. The lowest BCUT2D eigenvalue weighted by Gasteiger charge is -2.16. The third kappa shape index (κ3) is 3.05. The largest absolute Gasteiger partial charge is 0.457 e. The Bertz CT molecular complexity index is 799. The minimum Gasteiger partial charge on any atom is -0.457 e. The van der Waals surface area contributed by atoms with Crippen molar-refractivity contribution in [3.8, 4) is 11.5 Å². The van der Waals surface area contributed by atoms with Crippen molar-refractivity contribution in [2.45, 2.75) is 32.8 Å². The highest BCUT2D eigenvalue weighted by Crippen LogP contribution is 2.37. The average molecular weight is 409 g/mol. The van der Waals surface area contributed by atoms with Gasteiger partial charge in [0, 0.05) is 14.9 Å². The van der Waals surface area contributed by atoms with Crippen LogP contribution in [0.1, 0.15) is 39.0 Å². The Labute approximate surface area is 152 Å². The molecule has 4 nitrogen and oxygen atoms in total. The molecule has 0 saturated heterocycles. The fraction of sp³-hybridized carbons (Fsp3) is 0.389. The van der Waals surface area contributed by atoms with E-state index in [4.69, 9.17) is 14.2 Å². The van der Waals surface area contributed by atoms with E-state index in [0.717, 1.165) is 22.9 Å². The number of rotatable bonds is 3. The maximum Gasteiger partial charge on any atom is 0.348 e. The minimum absolute atomic E-state index is 0.203. The predicted molar refractivity (Wildman–Crippen MR) is 94.9 cm³/mol. The summed E-state index contributed by atoms with van der Waals surface area (Å²) < 4.78 is 17.0. The van der Waals surface area contributed by atoms with E-state index in [1.165, 1.54) is 16.9 Å². The summed E-state index contributed by atoms with van der Waals surface area (Å²) in [5.41, 5.74) is 2.18. The predicted octanol–water partition coefficient (Wildman–Crippen LogP) is 4.72. The Morgan fingerprint density at radius 3 is 2.96 bits per heavy atom. The Morgan fingerprint density at radius 2 is 2.12 bits per heavy atom. The molecular formula is C18H17BrO4S. The molecule has 0 saturated carbocycles. The van der Waals surface area contributed by atoms with Gasteiger partial charge in [-0.25, -0.2) is 4.79 Å². The van der Waals surface area contributed by atoms with Gasteiger partial charge in [0.2, 0.25) is 6.79 Å². The lowest BCUT2D eigenvalue weighted by atomic mass is 9.90. The molecule has 4 rings (SSSR count). The zero-order valence-electron chi connectivity index (χ0n) is 13.3. The van der Waals surface area contributed by atoms with Crippen LogP contribution in [0.4, 0.5) is 0 Å². The number of hydrogen-bond acceptors (Lipinski definition) is 5. The molecule has 0 fully saturated rings. The molecule has 0 amide bonds. The molecule has 1 aliphatic heterocycles. The molecule has 0 unspecified atom stereocenters. The van der Waals surface area contributed by atoms with Crippen molar-refractivity contribution in [2.24, 2.45) is 5.92 Å². The highest BCUT2D eigenvalue weighted by atomic mass is 79.9. The highest BCUT2D eigenvalue weighted by molar-refractivity contribution is 9.10. The lowest BCUT2D eigenvalue weighted by molar-refractivity contribution is 0.0477. The number of carbonyl (C=O) groups is 1. The van der Waals surface area contributed by atoms with E-state index in [0.29, 0.717) is 22.3 Å². The molecule has 0 N–H and O–H groups in total. The Morgan fingerprint density at radius 1 is 1.33 bits per heavy atom. The van der Waals surface area contributed by atoms with Crippen molar-refractivity contribution in [1.82, 2.24) is 0 Å². The Hall–Kier alpha value is -1.53. The van der Waals surface area contributed by atoms with Crippen molar-refractivity contribution in [1.29, 1.82) is 0 Å². The number of fused-ring (bicyclic) bond motifs is 2. The number of esters is 1. The zero-order chi connectivity index (χ0) is 16.7. The van der Waals surface area contributed by atoms with Gasteiger partial charge in [0.15, 0.2) is 11.5 Å². The molecular weight excluding hydrogens is 392 g/mol. The summed E-state index contributed by atoms with van der Waals surface area (Å²) in [6.07, 6.45) is 3.33. The minimum atomic E-state index is -0.258. The van der Waals surface area contributed by atoms with Gasteiger partial charge in [-0.3, -0.25) is 0 Å². The molecule has 1 aromatic heterocycles. The van der Waals surface area contributed by atoms with Crippen molar-refractivity contribution in [2.75, 3.05) is 6.79 Å². The van der Waals surface area contributed by atoms with Crippen molar-refractivity contribution in [3.05, 3.63) is 43.6 Å². The smallest absolute Gasteiger partial charge is 0.348 e. The van der Waals surface area contributed by atoms with Crippen LogP contribution in [0.15, 0.2) is 22.7 Å². The van der Waals surface area contributed by atoms with Crippen LogP contribution in [0.25, 0.3) is 0 Å². The number of ether oxygens (including phenoxy) is 3. The number of thiophene rings is 1. The Balaban J connectivity index is 1.46. The summed E-state index contributed by atoms with van der Waals surface area (Å²) in [5, 5.41) is 0. The summed E-state index contributed by atoms with van der Waals surface area (Å²) in [4.78, 5) is 14.4. The van der Waals surface area contributed by atoms with Gasteiger partial charge in [0.05, 0.1) is 0 Å². The number of halogens is 1. The molecule has 1 atom stereocenters.